The maximum atomic E-state index is 13.5. The molecule has 2 aromatic carbocycles. The first-order valence-corrected chi connectivity index (χ1v) is 11.2. The van der Waals surface area contributed by atoms with Crippen LogP contribution in [0.5, 0.6) is 0 Å². The van der Waals surface area contributed by atoms with Gasteiger partial charge in [0.15, 0.2) is 0 Å². The number of amides is 3. The predicted molar refractivity (Wildman–Crippen MR) is 122 cm³/mol. The highest BCUT2D eigenvalue weighted by Gasteiger charge is 2.57. The molecule has 1 unspecified atom stereocenters. The van der Waals surface area contributed by atoms with Crippen LogP contribution in [-0.2, 0) is 19.1 Å². The lowest BCUT2D eigenvalue weighted by atomic mass is 9.95. The Labute approximate surface area is 208 Å². The molecule has 3 N–H and O–H groups in total. The van der Waals surface area contributed by atoms with Crippen molar-refractivity contribution in [3.05, 3.63) is 54.1 Å². The van der Waals surface area contributed by atoms with E-state index in [4.69, 9.17) is 4.74 Å². The van der Waals surface area contributed by atoms with Gasteiger partial charge in [-0.05, 0) is 24.1 Å². The molecule has 0 bridgehead atoms. The minimum Gasteiger partial charge on any atom is -0.395 e. The van der Waals surface area contributed by atoms with Crippen LogP contribution in [0.3, 0.4) is 0 Å². The molecule has 1 heterocycles. The van der Waals surface area contributed by atoms with Crippen molar-refractivity contribution in [1.82, 2.24) is 10.6 Å². The third kappa shape index (κ3) is 5.88. The highest BCUT2D eigenvalue weighted by Crippen LogP contribution is 2.40. The lowest BCUT2D eigenvalue weighted by Crippen LogP contribution is -2.54. The topological polar surface area (TPSA) is 108 Å². The minimum absolute atomic E-state index is 0.127. The molecule has 1 aliphatic heterocycles. The summed E-state index contributed by atoms with van der Waals surface area (Å²) in [5, 5.41) is 13.3. The van der Waals surface area contributed by atoms with E-state index in [2.05, 4.69) is 5.32 Å². The van der Waals surface area contributed by atoms with Crippen molar-refractivity contribution in [3.8, 4) is 11.1 Å². The number of benzene rings is 2. The molecule has 2 aromatic rings. The molecule has 0 radical (unpaired) electrons. The number of hydrogen-bond acceptors (Lipinski definition) is 5. The second-order valence-corrected chi connectivity index (χ2v) is 8.01. The number of carbonyl (C=O) groups excluding carboxylic acids is 3. The zero-order valence-corrected chi connectivity index (χ0v) is 19.5. The van der Waals surface area contributed by atoms with Gasteiger partial charge in [-0.1, -0.05) is 42.5 Å². The van der Waals surface area contributed by atoms with Crippen LogP contribution < -0.4 is 15.5 Å². The number of para-hydroxylation sites is 1. The van der Waals surface area contributed by atoms with Crippen molar-refractivity contribution in [1.29, 1.82) is 0 Å². The highest BCUT2D eigenvalue weighted by atomic mass is 19.4. The number of β-amino-alcohol motifs (C(OH)–C–C–N with tert-alkyl or cyclic N) is 1. The molecular formula is C24H24F5N3O5. The molecule has 0 saturated heterocycles. The van der Waals surface area contributed by atoms with Crippen LogP contribution in [0, 0.1) is 0 Å². The molecule has 37 heavy (non-hydrogen) atoms. The summed E-state index contributed by atoms with van der Waals surface area (Å²) in [6, 6.07) is 12.0. The Hall–Kier alpha value is -3.58. The zero-order valence-electron chi connectivity index (χ0n) is 19.5. The summed E-state index contributed by atoms with van der Waals surface area (Å²) in [5.41, 5.74) is 2.00. The van der Waals surface area contributed by atoms with Crippen LogP contribution >= 0.6 is 0 Å². The number of aliphatic hydroxyl groups excluding tert-OH is 1. The number of hydrogen-bond donors (Lipinski definition) is 3. The van der Waals surface area contributed by atoms with Crippen LogP contribution in [0.15, 0.2) is 48.5 Å². The van der Waals surface area contributed by atoms with Crippen LogP contribution in [0.1, 0.15) is 18.5 Å². The van der Waals surface area contributed by atoms with E-state index in [0.717, 1.165) is 0 Å². The van der Waals surface area contributed by atoms with E-state index in [1.165, 1.54) is 17.1 Å². The summed E-state index contributed by atoms with van der Waals surface area (Å²) in [6.07, 6.45) is -8.03. The predicted octanol–water partition coefficient (Wildman–Crippen LogP) is 2.57. The summed E-state index contributed by atoms with van der Waals surface area (Å²) in [6.45, 7) is -1.52. The van der Waals surface area contributed by atoms with Gasteiger partial charge >= 0.3 is 12.1 Å². The lowest BCUT2D eigenvalue weighted by Gasteiger charge is -2.27. The fraction of sp³-hybridized carbons (Fsp3) is 0.375. The fourth-order valence-corrected chi connectivity index (χ4v) is 3.85. The summed E-state index contributed by atoms with van der Waals surface area (Å²) in [5.74, 6) is -8.66. The number of anilines is 1. The Morgan fingerprint density at radius 1 is 1.03 bits per heavy atom. The summed E-state index contributed by atoms with van der Waals surface area (Å²) in [4.78, 5) is 40.2. The van der Waals surface area contributed by atoms with Crippen LogP contribution in [0.4, 0.5) is 27.6 Å². The Morgan fingerprint density at radius 3 is 2.27 bits per heavy atom. The van der Waals surface area contributed by atoms with Crippen LogP contribution in [0.2, 0.25) is 0 Å². The quantitative estimate of drug-likeness (QED) is 0.342. The highest BCUT2D eigenvalue weighted by molar-refractivity contribution is 6.09. The Bertz CT molecular complexity index is 1160. The summed E-state index contributed by atoms with van der Waals surface area (Å²) < 4.78 is 69.0. The van der Waals surface area contributed by atoms with Gasteiger partial charge in [0.05, 0.1) is 18.8 Å². The number of fused-ring (bicyclic) bond motifs is 3. The molecule has 13 heteroatoms. The first-order chi connectivity index (χ1) is 17.4. The van der Waals surface area contributed by atoms with Crippen LogP contribution in [0.25, 0.3) is 11.1 Å². The van der Waals surface area contributed by atoms with E-state index in [9.17, 15) is 41.4 Å². The van der Waals surface area contributed by atoms with Crippen molar-refractivity contribution >= 4 is 23.4 Å². The molecule has 2 atom stereocenters. The van der Waals surface area contributed by atoms with Gasteiger partial charge in [0.1, 0.15) is 6.04 Å². The average molecular weight is 529 g/mol. The van der Waals surface area contributed by atoms with Gasteiger partial charge in [-0.25, -0.2) is 0 Å². The van der Waals surface area contributed by atoms with E-state index in [1.807, 2.05) is 0 Å². The number of ether oxygens (including phenoxy) is 1. The number of carbonyl (C=O) groups is 3. The zero-order chi connectivity index (χ0) is 27.4. The fourth-order valence-electron chi connectivity index (χ4n) is 3.85. The molecule has 3 amide bonds. The first kappa shape index (κ1) is 28.0. The monoisotopic (exact) mass is 529 g/mol. The van der Waals surface area contributed by atoms with Gasteiger partial charge in [-0.3, -0.25) is 14.4 Å². The Kier molecular flexibility index (Phi) is 8.49. The Morgan fingerprint density at radius 2 is 1.65 bits per heavy atom. The van der Waals surface area contributed by atoms with E-state index in [1.54, 1.807) is 48.5 Å². The second kappa shape index (κ2) is 11.2. The number of halogens is 5. The molecular weight excluding hydrogens is 505 g/mol. The molecule has 0 aliphatic carbocycles. The van der Waals surface area contributed by atoms with E-state index >= 15 is 0 Å². The van der Waals surface area contributed by atoms with Crippen molar-refractivity contribution in [2.75, 3.05) is 31.2 Å². The number of rotatable bonds is 9. The van der Waals surface area contributed by atoms with Gasteiger partial charge in [-0.2, -0.15) is 22.0 Å². The molecule has 0 spiro atoms. The number of nitrogens with zero attached hydrogens (tertiary/aromatic N) is 1. The molecule has 200 valence electrons. The van der Waals surface area contributed by atoms with Crippen LogP contribution in [-0.4, -0.2) is 67.3 Å². The molecule has 0 fully saturated rings. The van der Waals surface area contributed by atoms with Gasteiger partial charge < -0.3 is 25.4 Å². The smallest absolute Gasteiger partial charge is 0.395 e. The first-order valence-electron chi connectivity index (χ1n) is 11.2. The van der Waals surface area contributed by atoms with Crippen molar-refractivity contribution in [2.24, 2.45) is 0 Å². The normalized spacial score (nSPS) is 16.4. The van der Waals surface area contributed by atoms with Gasteiger partial charge in [0, 0.05) is 18.7 Å². The minimum atomic E-state index is -5.91. The van der Waals surface area contributed by atoms with Gasteiger partial charge in [-0.15, -0.1) is 0 Å². The van der Waals surface area contributed by atoms with E-state index < -0.39 is 55.1 Å². The number of alkyl halides is 5. The molecule has 8 nitrogen and oxygen atoms in total. The molecule has 0 saturated carbocycles. The standard InChI is InChI=1S/C24H24F5N3O5/c1-2-37-19(20(34)30-13-23(25,26)24(27,28)29)21(35)31-18-16-9-4-3-7-14(16)15-8-5-6-10-17(15)32(11-12-33)22(18)36/h3-10,18-19,33H,2,11-13H2,1H3,(H,30,34)(H,31,35)/t18-,19?/m1/s1. The van der Waals surface area contributed by atoms with Gasteiger partial charge in [0.2, 0.25) is 6.10 Å². The van der Waals surface area contributed by atoms with Crippen molar-refractivity contribution in [2.45, 2.75) is 31.2 Å². The third-order valence-corrected chi connectivity index (χ3v) is 5.59. The van der Waals surface area contributed by atoms with Crippen molar-refractivity contribution in [3.63, 3.8) is 0 Å². The third-order valence-electron chi connectivity index (χ3n) is 5.59. The molecule has 0 aromatic heterocycles. The Balaban J connectivity index is 1.92. The largest absolute Gasteiger partial charge is 0.455 e. The lowest BCUT2D eigenvalue weighted by molar-refractivity contribution is -0.278. The second-order valence-electron chi connectivity index (χ2n) is 8.01. The van der Waals surface area contributed by atoms with Crippen molar-refractivity contribution < 1.29 is 46.2 Å². The summed E-state index contributed by atoms with van der Waals surface area (Å²) in [7, 11) is 0. The van der Waals surface area contributed by atoms with E-state index in [0.29, 0.717) is 22.4 Å². The van der Waals surface area contributed by atoms with Gasteiger partial charge in [0.25, 0.3) is 17.7 Å². The molecule has 1 aliphatic rings. The maximum Gasteiger partial charge on any atom is 0.455 e. The maximum absolute atomic E-state index is 13.5. The average Bonchev–Trinajstić information content (AvgIpc) is 2.95. The SMILES string of the molecule is CCOC(C(=O)NCC(F)(F)C(F)(F)F)C(=O)N[C@H]1C(=O)N(CCO)c2ccccc2-c2ccccc21. The molecule has 3 rings (SSSR count). The number of nitrogens with one attached hydrogen (secondary N) is 2. The number of aliphatic hydroxyl groups is 1. The van der Waals surface area contributed by atoms with E-state index in [-0.39, 0.29) is 13.2 Å². The summed E-state index contributed by atoms with van der Waals surface area (Å²) >= 11 is 0.